The summed E-state index contributed by atoms with van der Waals surface area (Å²) in [7, 11) is -5.17. The smallest absolute Gasteiger partial charge is 0.759 e. The van der Waals surface area contributed by atoms with Gasteiger partial charge >= 0.3 is 54.9 Å². The number of aliphatic carboxylic acids is 1. The van der Waals surface area contributed by atoms with Crippen molar-refractivity contribution in [2.24, 2.45) is 0 Å². The maximum absolute atomic E-state index is 9.60. The van der Waals surface area contributed by atoms with Crippen LogP contribution in [0.5, 0.6) is 0 Å². The predicted molar refractivity (Wildman–Crippen MR) is 38.7 cm³/mol. The van der Waals surface area contributed by atoms with Crippen LogP contribution in [0.15, 0.2) is 12.2 Å². The van der Waals surface area contributed by atoms with Crippen LogP contribution in [0.1, 0.15) is 6.92 Å². The van der Waals surface area contributed by atoms with E-state index < -0.39 is 16.4 Å². The molecule has 0 aromatic rings. The molecule has 0 saturated heterocycles. The van der Waals surface area contributed by atoms with Gasteiger partial charge in [0.05, 0.1) is 0 Å². The standard InChI is InChI=1S/C4H6O2.Ba.H2O4S/c1-3(2)4(5)6;;1-5(2,3)4/h1H2,2H3,(H,5,6);;(H2,1,2,3,4)/q;+2;/p-2. The molecule has 0 aliphatic rings. The van der Waals surface area contributed by atoms with Crippen molar-refractivity contribution in [3.8, 4) is 0 Å². The first kappa shape index (κ1) is 18.4. The van der Waals surface area contributed by atoms with Gasteiger partial charge in [-0.3, -0.25) is 8.42 Å². The predicted octanol–water partition coefficient (Wildman–Crippen LogP) is -1.07. The van der Waals surface area contributed by atoms with Gasteiger partial charge in [-0.25, -0.2) is 4.79 Å². The van der Waals surface area contributed by atoms with E-state index in [2.05, 4.69) is 6.58 Å². The van der Waals surface area contributed by atoms with E-state index in [1.165, 1.54) is 6.92 Å². The Morgan fingerprint density at radius 2 is 1.50 bits per heavy atom. The van der Waals surface area contributed by atoms with Crippen molar-refractivity contribution in [1.82, 2.24) is 0 Å². The molecule has 0 unspecified atom stereocenters. The summed E-state index contributed by atoms with van der Waals surface area (Å²) in [6.07, 6.45) is 0. The van der Waals surface area contributed by atoms with Crippen LogP contribution in [0, 0.1) is 0 Å². The van der Waals surface area contributed by atoms with Crippen molar-refractivity contribution < 1.29 is 27.4 Å². The van der Waals surface area contributed by atoms with Crippen LogP contribution in [-0.2, 0) is 15.2 Å². The Kier molecular flexibility index (Phi) is 12.7. The summed E-state index contributed by atoms with van der Waals surface area (Å²) in [6.45, 7) is 4.60. The Bertz CT molecular complexity index is 222. The molecule has 1 N–H and O–H groups in total. The van der Waals surface area contributed by atoms with E-state index in [1.54, 1.807) is 0 Å². The van der Waals surface area contributed by atoms with Crippen LogP contribution in [0.2, 0.25) is 0 Å². The van der Waals surface area contributed by atoms with Gasteiger partial charge in [-0.05, 0) is 6.92 Å². The molecular formula is C4H6BaO6S. The van der Waals surface area contributed by atoms with Crippen molar-refractivity contribution in [1.29, 1.82) is 0 Å². The van der Waals surface area contributed by atoms with E-state index in [-0.39, 0.29) is 54.5 Å². The molecule has 0 aromatic heterocycles. The SMILES string of the molecule is C=C(C)C(=O)O.O=S(=O)([O-])[O-].[Ba+2]. The minimum absolute atomic E-state index is 0. The topological polar surface area (TPSA) is 118 Å². The number of carboxylic acid groups (broad SMARTS) is 1. The molecule has 0 atom stereocenters. The van der Waals surface area contributed by atoms with Crippen LogP contribution in [0.25, 0.3) is 0 Å². The molecule has 0 fully saturated rings. The van der Waals surface area contributed by atoms with E-state index in [0.29, 0.717) is 0 Å². The molecule has 0 aliphatic heterocycles. The summed E-state index contributed by atoms with van der Waals surface area (Å²) >= 11 is 0. The molecule has 8 heteroatoms. The normalized spacial score (nSPS) is 8.58. The fourth-order valence-electron chi connectivity index (χ4n) is 0. The Labute approximate surface area is 110 Å². The number of hydrogen-bond donors (Lipinski definition) is 1. The molecule has 0 saturated carbocycles. The molecule has 66 valence electrons. The first-order valence-electron chi connectivity index (χ1n) is 2.20. The fraction of sp³-hybridized carbons (Fsp3) is 0.250. The molecule has 12 heavy (non-hydrogen) atoms. The summed E-state index contributed by atoms with van der Waals surface area (Å²) in [4.78, 5) is 9.60. The number of hydrogen-bond acceptors (Lipinski definition) is 5. The maximum atomic E-state index is 9.60. The Morgan fingerprint density at radius 3 is 1.50 bits per heavy atom. The number of carbonyl (C=O) groups is 1. The molecule has 0 radical (unpaired) electrons. The second kappa shape index (κ2) is 8.26. The van der Waals surface area contributed by atoms with Gasteiger partial charge in [0, 0.05) is 16.0 Å². The van der Waals surface area contributed by atoms with Crippen molar-refractivity contribution in [2.45, 2.75) is 6.92 Å². The second-order valence-electron chi connectivity index (χ2n) is 1.49. The van der Waals surface area contributed by atoms with Crippen molar-refractivity contribution in [2.75, 3.05) is 0 Å². The van der Waals surface area contributed by atoms with Crippen LogP contribution < -0.4 is 0 Å². The van der Waals surface area contributed by atoms with Crippen molar-refractivity contribution >= 4 is 65.2 Å². The summed E-state index contributed by atoms with van der Waals surface area (Å²) in [5.41, 5.74) is 0.176. The van der Waals surface area contributed by atoms with Crippen molar-refractivity contribution in [3.05, 3.63) is 12.2 Å². The first-order chi connectivity index (χ1) is 4.64. The van der Waals surface area contributed by atoms with E-state index in [9.17, 15) is 4.79 Å². The van der Waals surface area contributed by atoms with Gasteiger partial charge in [0.2, 0.25) is 0 Å². The van der Waals surface area contributed by atoms with E-state index in [1.807, 2.05) is 0 Å². The van der Waals surface area contributed by atoms with Gasteiger partial charge in [-0.2, -0.15) is 0 Å². The molecule has 0 aromatic carbocycles. The van der Waals surface area contributed by atoms with Crippen LogP contribution in [0.4, 0.5) is 0 Å². The summed E-state index contributed by atoms with van der Waals surface area (Å²) in [5.74, 6) is -0.935. The van der Waals surface area contributed by atoms with Crippen LogP contribution in [0.3, 0.4) is 0 Å². The molecule has 0 spiro atoms. The Balaban J connectivity index is -0.000000126. The number of rotatable bonds is 1. The molecule has 0 bridgehead atoms. The maximum Gasteiger partial charge on any atom is 2.00 e. The zero-order valence-electron chi connectivity index (χ0n) is 6.31. The van der Waals surface area contributed by atoms with Gasteiger partial charge in [-0.15, -0.1) is 0 Å². The number of carboxylic acids is 1. The molecule has 0 amide bonds. The molecular weight excluding hydrogens is 313 g/mol. The quantitative estimate of drug-likeness (QED) is 0.284. The van der Waals surface area contributed by atoms with Crippen LogP contribution in [-0.4, -0.2) is 77.5 Å². The average Bonchev–Trinajstić information content (AvgIpc) is 1.59. The molecule has 0 heterocycles. The molecule has 6 nitrogen and oxygen atoms in total. The zero-order valence-corrected chi connectivity index (χ0v) is 11.6. The monoisotopic (exact) mass is 320 g/mol. The fourth-order valence-corrected chi connectivity index (χ4v) is 0. The third-order valence-electron chi connectivity index (χ3n) is 0.365. The van der Waals surface area contributed by atoms with E-state index >= 15 is 0 Å². The molecule has 0 rings (SSSR count). The third kappa shape index (κ3) is 45.9. The minimum atomic E-state index is -5.17. The van der Waals surface area contributed by atoms with Gasteiger partial charge in [0.15, 0.2) is 0 Å². The van der Waals surface area contributed by atoms with E-state index in [4.69, 9.17) is 22.6 Å². The van der Waals surface area contributed by atoms with Crippen molar-refractivity contribution in [3.63, 3.8) is 0 Å². The summed E-state index contributed by atoms with van der Waals surface area (Å²) in [6, 6.07) is 0. The largest absolute Gasteiger partial charge is 2.00 e. The van der Waals surface area contributed by atoms with Gasteiger partial charge in [0.25, 0.3) is 0 Å². The summed E-state index contributed by atoms with van der Waals surface area (Å²) in [5, 5.41) is 7.89. The van der Waals surface area contributed by atoms with Gasteiger partial charge < -0.3 is 14.2 Å². The Hall–Kier alpha value is 0.651. The first-order valence-corrected chi connectivity index (χ1v) is 3.53. The summed E-state index contributed by atoms with van der Waals surface area (Å²) < 4.78 is 34.1. The van der Waals surface area contributed by atoms with E-state index in [0.717, 1.165) is 0 Å². The third-order valence-corrected chi connectivity index (χ3v) is 0.365. The average molecular weight is 319 g/mol. The van der Waals surface area contributed by atoms with Gasteiger partial charge in [-0.1, -0.05) is 6.58 Å². The molecule has 0 aliphatic carbocycles. The zero-order chi connectivity index (χ0) is 9.65. The van der Waals surface area contributed by atoms with Crippen LogP contribution >= 0.6 is 0 Å². The van der Waals surface area contributed by atoms with Gasteiger partial charge in [0.1, 0.15) is 0 Å². The second-order valence-corrected chi connectivity index (χ2v) is 2.31. The Morgan fingerprint density at radius 1 is 1.42 bits per heavy atom. The minimum Gasteiger partial charge on any atom is -0.759 e.